The number of rotatable bonds is 14. The summed E-state index contributed by atoms with van der Waals surface area (Å²) in [5.74, 6) is -2.84. The Labute approximate surface area is 279 Å². The molecule has 0 amide bonds. The van der Waals surface area contributed by atoms with Gasteiger partial charge in [0.15, 0.2) is 5.92 Å². The second-order valence-electron chi connectivity index (χ2n) is 14.0. The fraction of sp³-hybridized carbons (Fsp3) is 0.487. The number of hydrogen-bond acceptors (Lipinski definition) is 8. The van der Waals surface area contributed by atoms with Crippen molar-refractivity contribution in [3.63, 3.8) is 0 Å². The molecule has 0 N–H and O–H groups in total. The summed E-state index contributed by atoms with van der Waals surface area (Å²) in [6, 6.07) is 29.7. The Balaban J connectivity index is 1.62. The Morgan fingerprint density at radius 1 is 0.660 bits per heavy atom. The van der Waals surface area contributed by atoms with Crippen molar-refractivity contribution in [2.75, 3.05) is 13.2 Å². The quantitative estimate of drug-likeness (QED) is 0.136. The minimum Gasteiger partial charge on any atom is -0.459 e. The van der Waals surface area contributed by atoms with E-state index >= 15 is 0 Å². The largest absolute Gasteiger partial charge is 0.459 e. The molecule has 0 radical (unpaired) electrons. The smallest absolute Gasteiger partial charge is 0.320 e. The van der Waals surface area contributed by atoms with Gasteiger partial charge in [0.2, 0.25) is 0 Å². The third-order valence-corrected chi connectivity index (χ3v) is 7.56. The van der Waals surface area contributed by atoms with Gasteiger partial charge < -0.3 is 28.4 Å². The van der Waals surface area contributed by atoms with Gasteiger partial charge in [-0.25, -0.2) is 0 Å². The first-order valence-corrected chi connectivity index (χ1v) is 16.4. The molecule has 254 valence electrons. The van der Waals surface area contributed by atoms with Crippen molar-refractivity contribution in [1.29, 1.82) is 0 Å². The van der Waals surface area contributed by atoms with Gasteiger partial charge in [-0.2, -0.15) is 0 Å². The molecule has 8 nitrogen and oxygen atoms in total. The third kappa shape index (κ3) is 12.2. The summed E-state index contributed by atoms with van der Waals surface area (Å²) in [6.45, 7) is 12.2. The molecule has 1 fully saturated rings. The summed E-state index contributed by atoms with van der Waals surface area (Å²) < 4.78 is 37.3. The lowest BCUT2D eigenvalue weighted by molar-refractivity contribution is -0.223. The highest BCUT2D eigenvalue weighted by Crippen LogP contribution is 2.34. The molecule has 3 aromatic carbocycles. The Morgan fingerprint density at radius 2 is 1.09 bits per heavy atom. The van der Waals surface area contributed by atoms with Crippen LogP contribution < -0.4 is 0 Å². The molecule has 4 rings (SSSR count). The second-order valence-corrected chi connectivity index (χ2v) is 14.0. The van der Waals surface area contributed by atoms with Crippen LogP contribution >= 0.6 is 0 Å². The van der Waals surface area contributed by atoms with E-state index in [4.69, 9.17) is 28.4 Å². The summed E-state index contributed by atoms with van der Waals surface area (Å²) in [5.41, 5.74) is 1.48. The molecule has 4 atom stereocenters. The number of carbonyl (C=O) groups is 2. The fourth-order valence-electron chi connectivity index (χ4n) is 5.43. The summed E-state index contributed by atoms with van der Waals surface area (Å²) in [7, 11) is 0. The topological polar surface area (TPSA) is 89.5 Å². The minimum atomic E-state index is -1.18. The highest BCUT2D eigenvalue weighted by atomic mass is 16.6. The van der Waals surface area contributed by atoms with Gasteiger partial charge in [-0.1, -0.05) is 91.0 Å². The molecule has 3 aromatic rings. The molecular formula is C39H50O8. The molecule has 47 heavy (non-hydrogen) atoms. The first kappa shape index (κ1) is 36.3. The van der Waals surface area contributed by atoms with Crippen molar-refractivity contribution >= 4 is 11.9 Å². The normalized spacial score (nSPS) is 20.1. The highest BCUT2D eigenvalue weighted by molar-refractivity contribution is 5.95. The molecule has 0 aliphatic carbocycles. The molecule has 1 aliphatic rings. The SMILES string of the molecule is CC(C)(C)OC(=O)C(C[C@@H]1CO[C@H](COCc2ccccc2)[C@H](OCc2ccccc2)[C@@H]1OCc1ccccc1)C(=O)OC(C)(C)C. The van der Waals surface area contributed by atoms with E-state index in [-0.39, 0.29) is 19.6 Å². The first-order chi connectivity index (χ1) is 22.4. The third-order valence-electron chi connectivity index (χ3n) is 7.56. The number of hydrogen-bond donors (Lipinski definition) is 0. The molecule has 0 saturated carbocycles. The molecule has 1 saturated heterocycles. The zero-order valence-corrected chi connectivity index (χ0v) is 28.6. The van der Waals surface area contributed by atoms with Gasteiger partial charge in [-0.3, -0.25) is 9.59 Å². The molecule has 1 aliphatic heterocycles. The summed E-state index contributed by atoms with van der Waals surface area (Å²) >= 11 is 0. The Morgan fingerprint density at radius 3 is 1.53 bits per heavy atom. The van der Waals surface area contributed by atoms with Crippen molar-refractivity contribution in [1.82, 2.24) is 0 Å². The second kappa shape index (κ2) is 17.0. The fourth-order valence-corrected chi connectivity index (χ4v) is 5.43. The van der Waals surface area contributed by atoms with Gasteiger partial charge >= 0.3 is 11.9 Å². The number of esters is 2. The minimum absolute atomic E-state index is 0.103. The average molecular weight is 647 g/mol. The summed E-state index contributed by atoms with van der Waals surface area (Å²) in [6.07, 6.45) is -1.45. The van der Waals surface area contributed by atoms with E-state index in [1.807, 2.05) is 91.0 Å². The Bertz CT molecular complexity index is 1340. The van der Waals surface area contributed by atoms with E-state index in [0.29, 0.717) is 19.8 Å². The van der Waals surface area contributed by atoms with Crippen LogP contribution in [0.1, 0.15) is 64.7 Å². The van der Waals surface area contributed by atoms with Gasteiger partial charge in [0, 0.05) is 5.92 Å². The van der Waals surface area contributed by atoms with Crippen molar-refractivity contribution < 1.29 is 38.0 Å². The zero-order chi connectivity index (χ0) is 33.9. The van der Waals surface area contributed by atoms with E-state index in [1.165, 1.54) is 0 Å². The lowest BCUT2D eigenvalue weighted by Gasteiger charge is -2.43. The zero-order valence-electron chi connectivity index (χ0n) is 28.6. The molecule has 0 aromatic heterocycles. The molecule has 0 unspecified atom stereocenters. The Kier molecular flexibility index (Phi) is 13.1. The van der Waals surface area contributed by atoms with Crippen LogP contribution in [0.5, 0.6) is 0 Å². The lowest BCUT2D eigenvalue weighted by Crippen LogP contribution is -2.55. The number of benzene rings is 3. The van der Waals surface area contributed by atoms with Gasteiger partial charge in [0.25, 0.3) is 0 Å². The van der Waals surface area contributed by atoms with Crippen LogP contribution in [-0.2, 0) is 57.8 Å². The maximum atomic E-state index is 13.5. The van der Waals surface area contributed by atoms with Gasteiger partial charge in [0.05, 0.1) is 39.1 Å². The standard InChI is InChI=1S/C39H50O8/c1-38(2,3)46-36(40)32(37(41)47-39(4,5)6)22-31-26-43-33(27-42-23-28-16-10-7-11-17-28)35(45-25-30-20-14-9-15-21-30)34(31)44-24-29-18-12-8-13-19-29/h7-21,31-35H,22-27H2,1-6H3/t31-,33-,34-,35+/m1/s1. The maximum Gasteiger partial charge on any atom is 0.320 e. The monoisotopic (exact) mass is 646 g/mol. The molecule has 0 spiro atoms. The lowest BCUT2D eigenvalue weighted by atomic mass is 9.84. The highest BCUT2D eigenvalue weighted by Gasteiger charge is 2.46. The van der Waals surface area contributed by atoms with Gasteiger partial charge in [-0.05, 0) is 64.7 Å². The van der Waals surface area contributed by atoms with Crippen LogP contribution in [0.2, 0.25) is 0 Å². The average Bonchev–Trinajstić information content (AvgIpc) is 3.02. The predicted octanol–water partition coefficient (Wildman–Crippen LogP) is 7.08. The predicted molar refractivity (Wildman–Crippen MR) is 179 cm³/mol. The van der Waals surface area contributed by atoms with Crippen LogP contribution in [-0.4, -0.2) is 54.7 Å². The van der Waals surface area contributed by atoms with E-state index < -0.39 is 53.3 Å². The molecule has 0 bridgehead atoms. The van der Waals surface area contributed by atoms with Crippen LogP contribution in [0.4, 0.5) is 0 Å². The van der Waals surface area contributed by atoms with Crippen LogP contribution in [0.15, 0.2) is 91.0 Å². The van der Waals surface area contributed by atoms with Gasteiger partial charge in [0.1, 0.15) is 23.4 Å². The molecular weight excluding hydrogens is 596 g/mol. The Hall–Kier alpha value is -3.56. The van der Waals surface area contributed by atoms with E-state index in [2.05, 4.69) is 0 Å². The van der Waals surface area contributed by atoms with Crippen molar-refractivity contribution in [3.05, 3.63) is 108 Å². The summed E-state index contributed by atoms with van der Waals surface area (Å²) in [5, 5.41) is 0. The van der Waals surface area contributed by atoms with Crippen molar-refractivity contribution in [2.45, 2.75) is 97.3 Å². The molecule has 8 heteroatoms. The van der Waals surface area contributed by atoms with E-state index in [1.54, 1.807) is 41.5 Å². The van der Waals surface area contributed by atoms with Gasteiger partial charge in [-0.15, -0.1) is 0 Å². The van der Waals surface area contributed by atoms with E-state index in [9.17, 15) is 9.59 Å². The number of ether oxygens (including phenoxy) is 6. The van der Waals surface area contributed by atoms with E-state index in [0.717, 1.165) is 16.7 Å². The molecule has 1 heterocycles. The van der Waals surface area contributed by atoms with Crippen LogP contribution in [0.25, 0.3) is 0 Å². The maximum absolute atomic E-state index is 13.5. The number of carbonyl (C=O) groups excluding carboxylic acids is 2. The van der Waals surface area contributed by atoms with Crippen molar-refractivity contribution in [3.8, 4) is 0 Å². The van der Waals surface area contributed by atoms with Crippen LogP contribution in [0, 0.1) is 11.8 Å². The first-order valence-electron chi connectivity index (χ1n) is 16.4. The van der Waals surface area contributed by atoms with Crippen LogP contribution in [0.3, 0.4) is 0 Å². The summed E-state index contributed by atoms with van der Waals surface area (Å²) in [4.78, 5) is 27.0. The van der Waals surface area contributed by atoms with Crippen molar-refractivity contribution in [2.24, 2.45) is 11.8 Å².